The average molecular weight is 256 g/mol. The number of nitrogens with zero attached hydrogens (tertiary/aromatic N) is 1. The van der Waals surface area contributed by atoms with Gasteiger partial charge in [0.25, 0.3) is 0 Å². The van der Waals surface area contributed by atoms with Crippen LogP contribution in [0.4, 0.5) is 5.69 Å². The second-order valence-electron chi connectivity index (χ2n) is 4.53. The van der Waals surface area contributed by atoms with E-state index in [-0.39, 0.29) is 5.50 Å². The smallest absolute Gasteiger partial charge is 0.151 e. The van der Waals surface area contributed by atoms with Crippen molar-refractivity contribution in [2.45, 2.75) is 12.4 Å². The molecule has 2 aromatic carbocycles. The van der Waals surface area contributed by atoms with Crippen molar-refractivity contribution < 1.29 is 0 Å². The molecular formula is C15H16N2S. The van der Waals surface area contributed by atoms with Crippen molar-refractivity contribution in [1.82, 2.24) is 4.90 Å². The summed E-state index contributed by atoms with van der Waals surface area (Å²) in [6.45, 7) is 2.14. The number of hydrogen-bond donors (Lipinski definition) is 1. The van der Waals surface area contributed by atoms with Crippen LogP contribution in [-0.4, -0.2) is 17.4 Å². The van der Waals surface area contributed by atoms with E-state index in [2.05, 4.69) is 72.1 Å². The fourth-order valence-corrected chi connectivity index (χ4v) is 3.17. The van der Waals surface area contributed by atoms with Crippen molar-refractivity contribution >= 4 is 28.2 Å². The molecule has 0 saturated heterocycles. The molecule has 0 amide bonds. The highest BCUT2D eigenvalue weighted by atomic mass is 32.2. The van der Waals surface area contributed by atoms with Gasteiger partial charge in [-0.25, -0.2) is 0 Å². The first kappa shape index (κ1) is 11.5. The maximum atomic E-state index is 3.60. The van der Waals surface area contributed by atoms with Crippen molar-refractivity contribution in [2.24, 2.45) is 0 Å². The van der Waals surface area contributed by atoms with E-state index >= 15 is 0 Å². The number of fused-ring (bicyclic) bond motifs is 1. The van der Waals surface area contributed by atoms with Crippen LogP contribution < -0.4 is 5.32 Å². The van der Waals surface area contributed by atoms with Gasteiger partial charge < -0.3 is 10.2 Å². The Bertz CT molecular complexity index is 601. The fraction of sp³-hybridized carbons (Fsp3) is 0.200. The van der Waals surface area contributed by atoms with E-state index in [1.165, 1.54) is 22.2 Å². The zero-order chi connectivity index (χ0) is 12.5. The predicted octanol–water partition coefficient (Wildman–Crippen LogP) is 4.08. The molecule has 0 aliphatic carbocycles. The summed E-state index contributed by atoms with van der Waals surface area (Å²) in [5.74, 6) is 0. The number of thioether (sulfide) groups is 1. The van der Waals surface area contributed by atoms with Gasteiger partial charge in [0.2, 0.25) is 0 Å². The van der Waals surface area contributed by atoms with E-state index in [4.69, 9.17) is 0 Å². The Morgan fingerprint density at radius 2 is 1.89 bits per heavy atom. The maximum Gasteiger partial charge on any atom is 0.151 e. The molecule has 1 atom stereocenters. The molecule has 0 bridgehead atoms. The summed E-state index contributed by atoms with van der Waals surface area (Å²) in [6.07, 6.45) is 0. The Morgan fingerprint density at radius 1 is 1.11 bits per heavy atom. The molecule has 2 nitrogen and oxygen atoms in total. The van der Waals surface area contributed by atoms with Gasteiger partial charge in [0.1, 0.15) is 0 Å². The van der Waals surface area contributed by atoms with Crippen molar-refractivity contribution in [1.29, 1.82) is 0 Å². The summed E-state index contributed by atoms with van der Waals surface area (Å²) >= 11 is 1.81. The van der Waals surface area contributed by atoms with Crippen molar-refractivity contribution in [3.63, 3.8) is 0 Å². The summed E-state index contributed by atoms with van der Waals surface area (Å²) in [5.41, 5.74) is 2.79. The molecule has 3 heteroatoms. The summed E-state index contributed by atoms with van der Waals surface area (Å²) in [5, 5.41) is 8.35. The van der Waals surface area contributed by atoms with Crippen molar-refractivity contribution in [3.8, 4) is 0 Å². The Kier molecular flexibility index (Phi) is 2.92. The van der Waals surface area contributed by atoms with Crippen LogP contribution in [0.15, 0.2) is 53.6 Å². The Balaban J connectivity index is 1.92. The van der Waals surface area contributed by atoms with Gasteiger partial charge in [-0.05, 0) is 23.8 Å². The highest BCUT2D eigenvalue weighted by molar-refractivity contribution is 8.03. The maximum absolute atomic E-state index is 3.60. The number of hydrogen-bond acceptors (Lipinski definition) is 3. The zero-order valence-corrected chi connectivity index (χ0v) is 11.4. The molecule has 1 unspecified atom stereocenters. The van der Waals surface area contributed by atoms with Crippen LogP contribution in [-0.2, 0) is 0 Å². The molecule has 1 heterocycles. The highest BCUT2D eigenvalue weighted by Crippen LogP contribution is 2.32. The molecule has 18 heavy (non-hydrogen) atoms. The third-order valence-corrected chi connectivity index (χ3v) is 4.51. The molecule has 1 N–H and O–H groups in total. The Labute approximate surface area is 112 Å². The van der Waals surface area contributed by atoms with Gasteiger partial charge >= 0.3 is 0 Å². The molecule has 3 rings (SSSR count). The summed E-state index contributed by atoms with van der Waals surface area (Å²) in [6, 6.07) is 14.9. The number of rotatable bonds is 2. The molecule has 2 aromatic rings. The lowest BCUT2D eigenvalue weighted by atomic mass is 10.1. The van der Waals surface area contributed by atoms with Gasteiger partial charge in [0.05, 0.1) is 0 Å². The first-order valence-electron chi connectivity index (χ1n) is 6.05. The number of benzene rings is 2. The number of anilines is 1. The normalized spacial score (nSPS) is 19.1. The van der Waals surface area contributed by atoms with Gasteiger partial charge in [-0.15, -0.1) is 0 Å². The predicted molar refractivity (Wildman–Crippen MR) is 80.5 cm³/mol. The summed E-state index contributed by atoms with van der Waals surface area (Å²) in [7, 11) is 2.12. The molecule has 1 aliphatic rings. The fourth-order valence-electron chi connectivity index (χ4n) is 2.14. The zero-order valence-electron chi connectivity index (χ0n) is 10.6. The second kappa shape index (κ2) is 4.58. The van der Waals surface area contributed by atoms with Crippen molar-refractivity contribution in [2.75, 3.05) is 12.4 Å². The lowest BCUT2D eigenvalue weighted by Crippen LogP contribution is -2.30. The minimum absolute atomic E-state index is 0.288. The second-order valence-corrected chi connectivity index (χ2v) is 5.48. The quantitative estimate of drug-likeness (QED) is 0.871. The van der Waals surface area contributed by atoms with E-state index in [0.29, 0.717) is 0 Å². The molecule has 0 spiro atoms. The van der Waals surface area contributed by atoms with E-state index in [9.17, 15) is 0 Å². The third-order valence-electron chi connectivity index (χ3n) is 3.34. The van der Waals surface area contributed by atoms with Crippen LogP contribution in [0.1, 0.15) is 6.92 Å². The minimum Gasteiger partial charge on any atom is -0.356 e. The molecule has 0 aromatic heterocycles. The van der Waals surface area contributed by atoms with Gasteiger partial charge in [0.15, 0.2) is 5.50 Å². The largest absolute Gasteiger partial charge is 0.356 e. The molecule has 0 fully saturated rings. The van der Waals surface area contributed by atoms with Gasteiger partial charge in [-0.2, -0.15) is 0 Å². The van der Waals surface area contributed by atoms with Gasteiger partial charge in [-0.3, -0.25) is 0 Å². The van der Waals surface area contributed by atoms with Crippen LogP contribution in [0.25, 0.3) is 10.8 Å². The lowest BCUT2D eigenvalue weighted by molar-refractivity contribution is 0.430. The molecule has 92 valence electrons. The first-order valence-corrected chi connectivity index (χ1v) is 6.99. The van der Waals surface area contributed by atoms with E-state index in [0.717, 1.165) is 0 Å². The molecule has 0 saturated carbocycles. The summed E-state index contributed by atoms with van der Waals surface area (Å²) in [4.78, 5) is 2.26. The topological polar surface area (TPSA) is 15.3 Å². The Hall–Kier alpha value is -1.61. The molecule has 1 aliphatic heterocycles. The summed E-state index contributed by atoms with van der Waals surface area (Å²) < 4.78 is 0. The lowest BCUT2D eigenvalue weighted by Gasteiger charge is -2.25. The van der Waals surface area contributed by atoms with Crippen molar-refractivity contribution in [3.05, 3.63) is 53.6 Å². The van der Waals surface area contributed by atoms with E-state index < -0.39 is 0 Å². The van der Waals surface area contributed by atoms with Crippen LogP contribution in [0, 0.1) is 0 Å². The van der Waals surface area contributed by atoms with Crippen LogP contribution in [0.3, 0.4) is 0 Å². The first-order chi connectivity index (χ1) is 8.75. The van der Waals surface area contributed by atoms with E-state index in [1.54, 1.807) is 0 Å². The van der Waals surface area contributed by atoms with Crippen LogP contribution >= 0.6 is 11.8 Å². The minimum atomic E-state index is 0.288. The van der Waals surface area contributed by atoms with Gasteiger partial charge in [0, 0.05) is 23.8 Å². The van der Waals surface area contributed by atoms with E-state index in [1.807, 2.05) is 11.8 Å². The van der Waals surface area contributed by atoms with Crippen LogP contribution in [0.2, 0.25) is 0 Å². The average Bonchev–Trinajstić information content (AvgIpc) is 2.71. The molecular weight excluding hydrogens is 240 g/mol. The monoisotopic (exact) mass is 256 g/mol. The standard InChI is InChI=1S/C15H16N2S/c1-11-10-18-15(17(11)2)16-14-9-5-7-12-6-3-4-8-13(12)14/h3-10,15-16H,1-2H3. The molecule has 0 radical (unpaired) electrons. The number of nitrogens with one attached hydrogen (secondary N) is 1. The Morgan fingerprint density at radius 3 is 2.67 bits per heavy atom. The highest BCUT2D eigenvalue weighted by Gasteiger charge is 2.20. The van der Waals surface area contributed by atoms with Gasteiger partial charge in [-0.1, -0.05) is 48.2 Å². The third kappa shape index (κ3) is 1.95. The SMILES string of the molecule is CC1=CSC(Nc2cccc3ccccc23)N1C. The van der Waals surface area contributed by atoms with Crippen LogP contribution in [0.5, 0.6) is 0 Å². The number of allylic oxidation sites excluding steroid dienone is 1.